The fraction of sp³-hybridized carbons (Fsp3) is 0.889. The van der Waals surface area contributed by atoms with Crippen LogP contribution in [0, 0.1) is 0 Å². The van der Waals surface area contributed by atoms with Gasteiger partial charge in [-0.25, -0.2) is 0 Å². The van der Waals surface area contributed by atoms with Gasteiger partial charge in [-0.1, -0.05) is 13.8 Å². The van der Waals surface area contributed by atoms with Gasteiger partial charge in [0.15, 0.2) is 5.78 Å². The summed E-state index contributed by atoms with van der Waals surface area (Å²) in [5.41, 5.74) is 0. The van der Waals surface area contributed by atoms with Gasteiger partial charge in [0.1, 0.15) is 6.61 Å². The standard InChI is InChI=1S/C9H18O2S/c1-4-8(3)12-7-9(10)6-11-5-2/h8H,4-7H2,1-3H3. The second-order valence-corrected chi connectivity index (χ2v) is 4.13. The van der Waals surface area contributed by atoms with E-state index in [-0.39, 0.29) is 12.4 Å². The summed E-state index contributed by atoms with van der Waals surface area (Å²) in [6.07, 6.45) is 1.12. The minimum absolute atomic E-state index is 0.196. The summed E-state index contributed by atoms with van der Waals surface area (Å²) in [7, 11) is 0. The molecule has 0 aliphatic rings. The molecule has 2 nitrogen and oxygen atoms in total. The maximum absolute atomic E-state index is 11.1. The molecule has 0 aromatic carbocycles. The van der Waals surface area contributed by atoms with E-state index in [1.165, 1.54) is 0 Å². The van der Waals surface area contributed by atoms with Crippen LogP contribution >= 0.6 is 11.8 Å². The maximum Gasteiger partial charge on any atom is 0.168 e. The third kappa shape index (κ3) is 6.68. The molecule has 0 N–H and O–H groups in total. The van der Waals surface area contributed by atoms with Crippen LogP contribution in [0.3, 0.4) is 0 Å². The second kappa shape index (κ2) is 7.62. The molecule has 72 valence electrons. The molecular weight excluding hydrogens is 172 g/mol. The topological polar surface area (TPSA) is 26.3 Å². The fourth-order valence-electron chi connectivity index (χ4n) is 0.611. The molecule has 0 saturated heterocycles. The first kappa shape index (κ1) is 12.0. The van der Waals surface area contributed by atoms with Crippen molar-refractivity contribution in [2.45, 2.75) is 32.4 Å². The van der Waals surface area contributed by atoms with E-state index in [0.29, 0.717) is 17.6 Å². The van der Waals surface area contributed by atoms with Crippen molar-refractivity contribution in [1.29, 1.82) is 0 Å². The smallest absolute Gasteiger partial charge is 0.168 e. The predicted molar refractivity (Wildman–Crippen MR) is 53.7 cm³/mol. The molecule has 0 saturated carbocycles. The van der Waals surface area contributed by atoms with Gasteiger partial charge in [-0.3, -0.25) is 4.79 Å². The van der Waals surface area contributed by atoms with Crippen molar-refractivity contribution in [1.82, 2.24) is 0 Å². The van der Waals surface area contributed by atoms with Crippen molar-refractivity contribution < 1.29 is 9.53 Å². The largest absolute Gasteiger partial charge is 0.374 e. The van der Waals surface area contributed by atoms with Gasteiger partial charge in [0.05, 0.1) is 5.75 Å². The van der Waals surface area contributed by atoms with Crippen LogP contribution in [0.2, 0.25) is 0 Å². The van der Waals surface area contributed by atoms with Gasteiger partial charge in [0.2, 0.25) is 0 Å². The monoisotopic (exact) mass is 190 g/mol. The molecule has 0 aliphatic carbocycles. The van der Waals surface area contributed by atoms with Crippen LogP contribution < -0.4 is 0 Å². The molecule has 0 radical (unpaired) electrons. The van der Waals surface area contributed by atoms with Crippen molar-refractivity contribution in [3.05, 3.63) is 0 Å². The van der Waals surface area contributed by atoms with E-state index >= 15 is 0 Å². The third-order valence-electron chi connectivity index (χ3n) is 1.57. The van der Waals surface area contributed by atoms with Crippen LogP contribution in [0.25, 0.3) is 0 Å². The molecular formula is C9H18O2S. The van der Waals surface area contributed by atoms with Gasteiger partial charge in [0.25, 0.3) is 0 Å². The van der Waals surface area contributed by atoms with Crippen molar-refractivity contribution in [2.75, 3.05) is 19.0 Å². The van der Waals surface area contributed by atoms with Gasteiger partial charge in [-0.05, 0) is 13.3 Å². The van der Waals surface area contributed by atoms with Crippen LogP contribution in [-0.2, 0) is 9.53 Å². The lowest BCUT2D eigenvalue weighted by Gasteiger charge is -2.06. The second-order valence-electron chi connectivity index (χ2n) is 2.71. The van der Waals surface area contributed by atoms with Gasteiger partial charge < -0.3 is 4.74 Å². The average Bonchev–Trinajstić information content (AvgIpc) is 2.10. The summed E-state index contributed by atoms with van der Waals surface area (Å²) in [5, 5.41) is 0.579. The highest BCUT2D eigenvalue weighted by Crippen LogP contribution is 2.12. The number of carbonyl (C=O) groups excluding carboxylic acids is 1. The highest BCUT2D eigenvalue weighted by atomic mass is 32.2. The molecule has 12 heavy (non-hydrogen) atoms. The molecule has 0 rings (SSSR count). The van der Waals surface area contributed by atoms with Crippen LogP contribution in [-0.4, -0.2) is 30.0 Å². The average molecular weight is 190 g/mol. The number of Topliss-reactive ketones (excluding diaryl/α,β-unsaturated/α-hetero) is 1. The molecule has 0 aromatic rings. The van der Waals surface area contributed by atoms with Crippen molar-refractivity contribution in [3.8, 4) is 0 Å². The summed E-state index contributed by atoms with van der Waals surface area (Å²) in [6.45, 7) is 7.07. The Bertz CT molecular complexity index is 126. The maximum atomic E-state index is 11.1. The molecule has 0 aliphatic heterocycles. The highest BCUT2D eigenvalue weighted by Gasteiger charge is 2.04. The van der Waals surface area contributed by atoms with Crippen LogP contribution in [0.1, 0.15) is 27.2 Å². The number of hydrogen-bond donors (Lipinski definition) is 0. The van der Waals surface area contributed by atoms with Crippen LogP contribution in [0.5, 0.6) is 0 Å². The Morgan fingerprint density at radius 2 is 2.17 bits per heavy atom. The van der Waals surface area contributed by atoms with Gasteiger partial charge in [0, 0.05) is 11.9 Å². The first-order valence-corrected chi connectivity index (χ1v) is 5.46. The summed E-state index contributed by atoms with van der Waals surface area (Å²) in [6, 6.07) is 0. The first-order chi connectivity index (χ1) is 5.70. The van der Waals surface area contributed by atoms with Crippen LogP contribution in [0.4, 0.5) is 0 Å². The van der Waals surface area contributed by atoms with E-state index in [0.717, 1.165) is 6.42 Å². The van der Waals surface area contributed by atoms with Crippen LogP contribution in [0.15, 0.2) is 0 Å². The molecule has 0 spiro atoms. The van der Waals surface area contributed by atoms with Crippen molar-refractivity contribution >= 4 is 17.5 Å². The predicted octanol–water partition coefficient (Wildman–Crippen LogP) is 2.12. The van der Waals surface area contributed by atoms with Crippen molar-refractivity contribution in [2.24, 2.45) is 0 Å². The SMILES string of the molecule is CCOCC(=O)CSC(C)CC. The van der Waals surface area contributed by atoms with E-state index in [4.69, 9.17) is 4.74 Å². The van der Waals surface area contributed by atoms with E-state index in [1.807, 2.05) is 6.92 Å². The lowest BCUT2D eigenvalue weighted by Crippen LogP contribution is -2.12. The molecule has 0 fully saturated rings. The first-order valence-electron chi connectivity index (χ1n) is 4.41. The molecule has 1 atom stereocenters. The molecule has 0 bridgehead atoms. The van der Waals surface area contributed by atoms with Gasteiger partial charge in [-0.2, -0.15) is 11.8 Å². The summed E-state index contributed by atoms with van der Waals surface area (Å²) in [5.74, 6) is 0.789. The number of ketones is 1. The number of carbonyl (C=O) groups is 1. The lowest BCUT2D eigenvalue weighted by molar-refractivity contribution is -0.120. The Balaban J connectivity index is 3.31. The zero-order valence-electron chi connectivity index (χ0n) is 8.13. The zero-order valence-corrected chi connectivity index (χ0v) is 8.95. The van der Waals surface area contributed by atoms with E-state index < -0.39 is 0 Å². The van der Waals surface area contributed by atoms with Gasteiger partial charge in [-0.15, -0.1) is 0 Å². The Labute approximate surface area is 79.1 Å². The molecule has 0 aromatic heterocycles. The normalized spacial score (nSPS) is 12.9. The molecule has 0 heterocycles. The number of rotatable bonds is 7. The van der Waals surface area contributed by atoms with Crippen molar-refractivity contribution in [3.63, 3.8) is 0 Å². The summed E-state index contributed by atoms with van der Waals surface area (Å²) in [4.78, 5) is 11.1. The quantitative estimate of drug-likeness (QED) is 0.615. The Morgan fingerprint density at radius 1 is 1.50 bits per heavy atom. The van der Waals surface area contributed by atoms with E-state index in [2.05, 4.69) is 13.8 Å². The van der Waals surface area contributed by atoms with E-state index in [9.17, 15) is 4.79 Å². The highest BCUT2D eigenvalue weighted by molar-refractivity contribution is 8.00. The van der Waals surface area contributed by atoms with Gasteiger partial charge >= 0.3 is 0 Å². The fourth-order valence-corrected chi connectivity index (χ4v) is 1.40. The Kier molecular flexibility index (Phi) is 7.61. The number of thioether (sulfide) groups is 1. The molecule has 3 heteroatoms. The minimum atomic E-state index is 0.196. The lowest BCUT2D eigenvalue weighted by atomic mass is 10.4. The Hall–Kier alpha value is -0.0200. The summed E-state index contributed by atoms with van der Waals surface area (Å²) < 4.78 is 5.00. The summed E-state index contributed by atoms with van der Waals surface area (Å²) >= 11 is 1.71. The number of ether oxygens (including phenoxy) is 1. The number of hydrogen-bond acceptors (Lipinski definition) is 3. The third-order valence-corrected chi connectivity index (χ3v) is 2.96. The minimum Gasteiger partial charge on any atom is -0.374 e. The zero-order chi connectivity index (χ0) is 9.40. The van der Waals surface area contributed by atoms with E-state index in [1.54, 1.807) is 11.8 Å². The molecule has 0 amide bonds. The molecule has 1 unspecified atom stereocenters. The Morgan fingerprint density at radius 3 is 2.67 bits per heavy atom.